The van der Waals surface area contributed by atoms with Crippen molar-refractivity contribution in [2.24, 2.45) is 5.73 Å². The molecule has 0 aromatic heterocycles. The summed E-state index contributed by atoms with van der Waals surface area (Å²) in [7, 11) is -1.02. The summed E-state index contributed by atoms with van der Waals surface area (Å²) < 4.78 is 11.9. The first-order valence-corrected chi connectivity index (χ1v) is 6.79. The second kappa shape index (κ2) is 5.75. The van der Waals surface area contributed by atoms with Crippen molar-refractivity contribution in [3.63, 3.8) is 0 Å². The maximum atomic E-state index is 9.93. The maximum absolute atomic E-state index is 9.93. The lowest BCUT2D eigenvalue weighted by Gasteiger charge is -2.14. The summed E-state index contributed by atoms with van der Waals surface area (Å²) in [6.07, 6.45) is -0.873. The van der Waals surface area contributed by atoms with Gasteiger partial charge in [-0.15, -0.1) is 0 Å². The van der Waals surface area contributed by atoms with Gasteiger partial charge in [-0.05, 0) is 47.2 Å². The van der Waals surface area contributed by atoms with Crippen molar-refractivity contribution in [3.05, 3.63) is 21.3 Å². The largest absolute Gasteiger partial charge is 0.495 e. The van der Waals surface area contributed by atoms with Gasteiger partial charge in [0.1, 0.15) is 12.4 Å². The average molecular weight is 363 g/mol. The molecule has 0 saturated heterocycles. The van der Waals surface area contributed by atoms with Gasteiger partial charge < -0.3 is 25.3 Å². The minimum absolute atomic E-state index is 0.174. The van der Waals surface area contributed by atoms with Crippen LogP contribution in [0.3, 0.4) is 0 Å². The van der Waals surface area contributed by atoms with Gasteiger partial charge in [-0.2, -0.15) is 0 Å². The summed E-state index contributed by atoms with van der Waals surface area (Å²) in [6.45, 7) is 2.12. The second-order valence-corrected chi connectivity index (χ2v) is 5.41. The normalized spacial score (nSPS) is 19.8. The van der Waals surface area contributed by atoms with E-state index >= 15 is 0 Å². The first-order chi connectivity index (χ1) is 8.54. The number of hydrogen-bond donors (Lipinski definition) is 3. The molecule has 5 nitrogen and oxygen atoms in total. The number of nitrogens with two attached hydrogens (primary N) is 1. The van der Waals surface area contributed by atoms with Crippen LogP contribution in [0.25, 0.3) is 0 Å². The quantitative estimate of drug-likeness (QED) is 0.509. The second-order valence-electron chi connectivity index (χ2n) is 4.25. The highest BCUT2D eigenvalue weighted by molar-refractivity contribution is 14.1. The minimum Gasteiger partial charge on any atom is -0.491 e. The van der Waals surface area contributed by atoms with Crippen molar-refractivity contribution < 1.29 is 19.5 Å². The first kappa shape index (κ1) is 14.1. The molecular weight excluding hydrogens is 348 g/mol. The summed E-state index contributed by atoms with van der Waals surface area (Å²) in [5.41, 5.74) is 7.14. The molecule has 2 rings (SSSR count). The number of hydrogen-bond acceptors (Lipinski definition) is 5. The fourth-order valence-electron chi connectivity index (χ4n) is 1.97. The zero-order chi connectivity index (χ0) is 13.3. The predicted octanol–water partition coefficient (Wildman–Crippen LogP) is -0.232. The maximum Gasteiger partial charge on any atom is 0.495 e. The smallest absolute Gasteiger partial charge is 0.491 e. The SMILES string of the molecule is CC(O)COc1ccc(I)c2c1B(O)OC2CN. The molecule has 18 heavy (non-hydrogen) atoms. The Labute approximate surface area is 120 Å². The van der Waals surface area contributed by atoms with Gasteiger partial charge in [0, 0.05) is 15.6 Å². The Morgan fingerprint density at radius 2 is 2.33 bits per heavy atom. The highest BCUT2D eigenvalue weighted by atomic mass is 127. The highest BCUT2D eigenvalue weighted by Crippen LogP contribution is 2.31. The molecule has 1 heterocycles. The highest BCUT2D eigenvalue weighted by Gasteiger charge is 2.38. The molecule has 0 spiro atoms. The summed E-state index contributed by atoms with van der Waals surface area (Å²) in [4.78, 5) is 0. The molecule has 0 bridgehead atoms. The van der Waals surface area contributed by atoms with E-state index in [-0.39, 0.29) is 12.7 Å². The molecule has 2 unspecified atom stereocenters. The molecule has 1 aromatic carbocycles. The molecule has 1 aromatic rings. The van der Waals surface area contributed by atoms with Crippen LogP contribution in [0.4, 0.5) is 0 Å². The summed E-state index contributed by atoms with van der Waals surface area (Å²) in [5, 5.41) is 19.2. The first-order valence-electron chi connectivity index (χ1n) is 5.71. The van der Waals surface area contributed by atoms with Gasteiger partial charge in [0.15, 0.2) is 0 Å². The van der Waals surface area contributed by atoms with Crippen molar-refractivity contribution in [3.8, 4) is 5.75 Å². The number of aliphatic hydroxyl groups is 1. The average Bonchev–Trinajstić information content (AvgIpc) is 2.67. The van der Waals surface area contributed by atoms with E-state index in [1.807, 2.05) is 6.07 Å². The molecule has 1 aliphatic heterocycles. The van der Waals surface area contributed by atoms with Gasteiger partial charge in [-0.3, -0.25) is 0 Å². The Kier molecular flexibility index (Phi) is 4.49. The lowest BCUT2D eigenvalue weighted by Crippen LogP contribution is -2.31. The van der Waals surface area contributed by atoms with Crippen molar-refractivity contribution in [2.75, 3.05) is 13.2 Å². The van der Waals surface area contributed by atoms with Crippen LogP contribution in [-0.2, 0) is 4.65 Å². The number of ether oxygens (including phenoxy) is 1. The number of aliphatic hydroxyl groups excluding tert-OH is 1. The third-order valence-electron chi connectivity index (χ3n) is 2.75. The molecule has 2 atom stereocenters. The standard InChI is InChI=1S/C11H15BINO4/c1-6(15)5-17-8-3-2-7(13)10-9(4-14)18-12(16)11(8)10/h2-3,6,9,15-16H,4-5,14H2,1H3. The van der Waals surface area contributed by atoms with Crippen LogP contribution in [0.5, 0.6) is 5.75 Å². The lowest BCUT2D eigenvalue weighted by atomic mass is 9.78. The number of rotatable bonds is 4. The Hall–Kier alpha value is -0.345. The summed E-state index contributed by atoms with van der Waals surface area (Å²) in [5.74, 6) is 0.537. The van der Waals surface area contributed by atoms with E-state index < -0.39 is 13.2 Å². The number of benzene rings is 1. The Balaban J connectivity index is 2.36. The molecule has 1 aliphatic rings. The van der Waals surface area contributed by atoms with E-state index in [4.69, 9.17) is 15.1 Å². The van der Waals surface area contributed by atoms with Gasteiger partial charge in [0.2, 0.25) is 0 Å². The molecule has 0 fully saturated rings. The van der Waals surface area contributed by atoms with Gasteiger partial charge in [-0.1, -0.05) is 0 Å². The number of halogens is 1. The van der Waals surface area contributed by atoms with Crippen LogP contribution >= 0.6 is 22.6 Å². The molecule has 7 heteroatoms. The van der Waals surface area contributed by atoms with Gasteiger partial charge in [0.05, 0.1) is 12.2 Å². The Bertz CT molecular complexity index is 443. The number of fused-ring (bicyclic) bond motifs is 1. The summed E-state index contributed by atoms with van der Waals surface area (Å²) >= 11 is 2.18. The Morgan fingerprint density at radius 3 is 2.94 bits per heavy atom. The third kappa shape index (κ3) is 2.64. The third-order valence-corrected chi connectivity index (χ3v) is 3.69. The minimum atomic E-state index is -1.02. The molecule has 0 amide bonds. The van der Waals surface area contributed by atoms with Crippen molar-refractivity contribution in [2.45, 2.75) is 19.1 Å². The fourth-order valence-corrected chi connectivity index (χ4v) is 2.79. The van der Waals surface area contributed by atoms with E-state index in [9.17, 15) is 10.1 Å². The van der Waals surface area contributed by atoms with E-state index in [0.717, 1.165) is 9.13 Å². The topological polar surface area (TPSA) is 84.9 Å². The van der Waals surface area contributed by atoms with Crippen molar-refractivity contribution in [1.82, 2.24) is 0 Å². The van der Waals surface area contributed by atoms with E-state index in [2.05, 4.69) is 22.6 Å². The summed E-state index contributed by atoms with van der Waals surface area (Å²) in [6, 6.07) is 3.66. The van der Waals surface area contributed by atoms with Crippen LogP contribution in [0.15, 0.2) is 12.1 Å². The van der Waals surface area contributed by atoms with Gasteiger partial charge >= 0.3 is 7.12 Å². The monoisotopic (exact) mass is 363 g/mol. The Morgan fingerprint density at radius 1 is 1.61 bits per heavy atom. The van der Waals surface area contributed by atoms with Crippen LogP contribution in [-0.4, -0.2) is 36.5 Å². The van der Waals surface area contributed by atoms with Gasteiger partial charge in [0.25, 0.3) is 0 Å². The van der Waals surface area contributed by atoms with Crippen LogP contribution < -0.4 is 15.9 Å². The van der Waals surface area contributed by atoms with E-state index in [1.165, 1.54) is 0 Å². The predicted molar refractivity (Wildman–Crippen MR) is 76.8 cm³/mol. The van der Waals surface area contributed by atoms with Crippen molar-refractivity contribution >= 4 is 35.2 Å². The zero-order valence-corrected chi connectivity index (χ0v) is 12.1. The molecular formula is C11H15BINO4. The van der Waals surface area contributed by atoms with Crippen molar-refractivity contribution in [1.29, 1.82) is 0 Å². The van der Waals surface area contributed by atoms with Crippen LogP contribution in [0.2, 0.25) is 0 Å². The molecule has 4 N–H and O–H groups in total. The van der Waals surface area contributed by atoms with Crippen LogP contribution in [0, 0.1) is 3.57 Å². The van der Waals surface area contributed by atoms with Gasteiger partial charge in [-0.25, -0.2) is 0 Å². The molecule has 0 radical (unpaired) electrons. The fraction of sp³-hybridized carbons (Fsp3) is 0.455. The van der Waals surface area contributed by atoms with Crippen LogP contribution in [0.1, 0.15) is 18.6 Å². The van der Waals surface area contributed by atoms with E-state index in [0.29, 0.717) is 17.8 Å². The molecule has 0 aliphatic carbocycles. The lowest BCUT2D eigenvalue weighted by molar-refractivity contribution is 0.123. The molecule has 0 saturated carbocycles. The zero-order valence-electron chi connectivity index (χ0n) is 9.97. The molecule has 98 valence electrons. The van der Waals surface area contributed by atoms with E-state index in [1.54, 1.807) is 13.0 Å².